The number of aryl methyl sites for hydroxylation is 1. The predicted octanol–water partition coefficient (Wildman–Crippen LogP) is 0.455. The molecule has 25 heavy (non-hydrogen) atoms. The molecular formula is C18H29N5O2. The molecule has 0 bridgehead atoms. The fourth-order valence-electron chi connectivity index (χ4n) is 3.60. The van der Waals surface area contributed by atoms with Gasteiger partial charge >= 0.3 is 0 Å². The predicted molar refractivity (Wildman–Crippen MR) is 97.6 cm³/mol. The fourth-order valence-corrected chi connectivity index (χ4v) is 3.60. The number of carbonyl (C=O) groups is 1. The van der Waals surface area contributed by atoms with Crippen LogP contribution in [0, 0.1) is 11.8 Å². The van der Waals surface area contributed by atoms with Gasteiger partial charge < -0.3 is 10.2 Å². The Labute approximate surface area is 149 Å². The number of aromatic nitrogens is 2. The second-order valence-corrected chi connectivity index (χ2v) is 7.54. The Kier molecular flexibility index (Phi) is 5.73. The van der Waals surface area contributed by atoms with E-state index in [0.29, 0.717) is 19.0 Å². The summed E-state index contributed by atoms with van der Waals surface area (Å²) in [5.74, 6) is 1.34. The minimum absolute atomic E-state index is 0.0925. The first-order valence-electron chi connectivity index (χ1n) is 9.28. The zero-order valence-electron chi connectivity index (χ0n) is 15.3. The molecule has 138 valence electrons. The van der Waals surface area contributed by atoms with Gasteiger partial charge in [0, 0.05) is 32.7 Å². The van der Waals surface area contributed by atoms with Crippen LogP contribution in [0.4, 0.5) is 5.69 Å². The summed E-state index contributed by atoms with van der Waals surface area (Å²) in [4.78, 5) is 28.3. The first-order chi connectivity index (χ1) is 12.0. The third-order valence-corrected chi connectivity index (χ3v) is 5.44. The van der Waals surface area contributed by atoms with Gasteiger partial charge in [0.15, 0.2) is 0 Å². The number of hydrogen-bond acceptors (Lipinski definition) is 5. The zero-order chi connectivity index (χ0) is 17.8. The highest BCUT2D eigenvalue weighted by Gasteiger charge is 2.24. The van der Waals surface area contributed by atoms with E-state index >= 15 is 0 Å². The summed E-state index contributed by atoms with van der Waals surface area (Å²) < 4.78 is 1.33. The Bertz CT molecular complexity index is 651. The number of nitrogens with one attached hydrogen (secondary N) is 1. The molecule has 7 nitrogen and oxygen atoms in total. The Morgan fingerprint density at radius 2 is 2.04 bits per heavy atom. The molecule has 1 atom stereocenters. The Balaban J connectivity index is 1.41. The molecule has 2 aliphatic heterocycles. The molecule has 0 saturated carbocycles. The first-order valence-corrected chi connectivity index (χ1v) is 9.28. The maximum atomic E-state index is 12.2. The van der Waals surface area contributed by atoms with Gasteiger partial charge in [0.1, 0.15) is 0 Å². The molecule has 0 spiro atoms. The lowest BCUT2D eigenvalue weighted by atomic mass is 9.99. The van der Waals surface area contributed by atoms with E-state index in [-0.39, 0.29) is 11.5 Å². The summed E-state index contributed by atoms with van der Waals surface area (Å²) in [5.41, 5.74) is 0.782. The number of amides is 1. The van der Waals surface area contributed by atoms with Crippen LogP contribution >= 0.6 is 0 Å². The average Bonchev–Trinajstić information content (AvgIpc) is 3.07. The third-order valence-electron chi connectivity index (χ3n) is 5.44. The average molecular weight is 347 g/mol. The number of carbonyl (C=O) groups excluding carboxylic acids is 1. The maximum absolute atomic E-state index is 12.2. The van der Waals surface area contributed by atoms with Crippen LogP contribution in [0.15, 0.2) is 17.1 Å². The minimum atomic E-state index is -0.0925. The van der Waals surface area contributed by atoms with Crippen molar-refractivity contribution in [2.45, 2.75) is 26.2 Å². The second-order valence-electron chi connectivity index (χ2n) is 7.54. The van der Waals surface area contributed by atoms with Gasteiger partial charge in [-0.3, -0.25) is 14.5 Å². The third kappa shape index (κ3) is 4.81. The molecule has 0 aliphatic carbocycles. The van der Waals surface area contributed by atoms with E-state index < -0.39 is 0 Å². The van der Waals surface area contributed by atoms with Gasteiger partial charge in [0.05, 0.1) is 18.4 Å². The fraction of sp³-hybridized carbons (Fsp3) is 0.722. The van der Waals surface area contributed by atoms with Crippen LogP contribution in [0.1, 0.15) is 26.2 Å². The van der Waals surface area contributed by atoms with Crippen molar-refractivity contribution < 1.29 is 4.79 Å². The molecule has 2 aliphatic rings. The van der Waals surface area contributed by atoms with Crippen molar-refractivity contribution >= 4 is 11.6 Å². The van der Waals surface area contributed by atoms with Gasteiger partial charge in [-0.25, -0.2) is 4.68 Å². The van der Waals surface area contributed by atoms with Crippen molar-refractivity contribution in [1.82, 2.24) is 20.0 Å². The number of anilines is 1. The van der Waals surface area contributed by atoms with Crippen molar-refractivity contribution in [3.05, 3.63) is 22.6 Å². The molecule has 1 aromatic rings. The largest absolute Gasteiger partial charge is 0.370 e. The second kappa shape index (κ2) is 7.99. The zero-order valence-corrected chi connectivity index (χ0v) is 15.3. The van der Waals surface area contributed by atoms with E-state index in [2.05, 4.69) is 27.1 Å². The lowest BCUT2D eigenvalue weighted by Gasteiger charge is -2.29. The minimum Gasteiger partial charge on any atom is -0.370 e. The number of rotatable bonds is 5. The highest BCUT2D eigenvalue weighted by atomic mass is 16.2. The van der Waals surface area contributed by atoms with Crippen molar-refractivity contribution in [1.29, 1.82) is 0 Å². The van der Waals surface area contributed by atoms with Gasteiger partial charge in [-0.05, 0) is 44.2 Å². The first kappa shape index (κ1) is 17.9. The SMILES string of the molecule is CC1CCN(CC(=O)NCC2CCN(c3cnn(C)c(=O)c3)C2)CC1. The normalized spacial score (nSPS) is 22.3. The van der Waals surface area contributed by atoms with E-state index in [9.17, 15) is 9.59 Å². The summed E-state index contributed by atoms with van der Waals surface area (Å²) in [7, 11) is 1.65. The molecule has 1 amide bonds. The van der Waals surface area contributed by atoms with Gasteiger partial charge in [-0.2, -0.15) is 5.10 Å². The van der Waals surface area contributed by atoms with Gasteiger partial charge in [-0.15, -0.1) is 0 Å². The van der Waals surface area contributed by atoms with E-state index in [0.717, 1.165) is 44.2 Å². The number of nitrogens with zero attached hydrogens (tertiary/aromatic N) is 4. The smallest absolute Gasteiger partial charge is 0.268 e. The summed E-state index contributed by atoms with van der Waals surface area (Å²) in [5, 5.41) is 7.17. The van der Waals surface area contributed by atoms with E-state index in [1.807, 2.05) is 0 Å². The van der Waals surface area contributed by atoms with Crippen molar-refractivity contribution in [3.63, 3.8) is 0 Å². The van der Waals surface area contributed by atoms with Crippen molar-refractivity contribution in [2.75, 3.05) is 44.2 Å². The van der Waals surface area contributed by atoms with Crippen LogP contribution in [-0.2, 0) is 11.8 Å². The van der Waals surface area contributed by atoms with Crippen LogP contribution in [0.3, 0.4) is 0 Å². The topological polar surface area (TPSA) is 70.5 Å². The Morgan fingerprint density at radius 3 is 2.76 bits per heavy atom. The van der Waals surface area contributed by atoms with E-state index in [1.165, 1.54) is 17.5 Å². The summed E-state index contributed by atoms with van der Waals surface area (Å²) in [6.07, 6.45) is 5.14. The number of likely N-dealkylation sites (tertiary alicyclic amines) is 1. The van der Waals surface area contributed by atoms with E-state index in [4.69, 9.17) is 0 Å². The standard InChI is InChI=1S/C18H29N5O2/c1-14-3-6-22(7-4-14)13-17(24)19-10-15-5-8-23(12-15)16-9-18(25)21(2)20-11-16/h9,11,14-15H,3-8,10,12-13H2,1-2H3,(H,19,24). The molecule has 3 heterocycles. The Hall–Kier alpha value is -1.89. The molecule has 3 rings (SSSR count). The van der Waals surface area contributed by atoms with Crippen LogP contribution in [-0.4, -0.2) is 59.9 Å². The lowest BCUT2D eigenvalue weighted by molar-refractivity contribution is -0.122. The highest BCUT2D eigenvalue weighted by molar-refractivity contribution is 5.78. The van der Waals surface area contributed by atoms with Gasteiger partial charge in [0.2, 0.25) is 5.91 Å². The van der Waals surface area contributed by atoms with Crippen LogP contribution in [0.5, 0.6) is 0 Å². The van der Waals surface area contributed by atoms with E-state index in [1.54, 1.807) is 19.3 Å². The highest BCUT2D eigenvalue weighted by Crippen LogP contribution is 2.21. The van der Waals surface area contributed by atoms with Crippen molar-refractivity contribution in [3.8, 4) is 0 Å². The number of piperidine rings is 1. The molecule has 1 N–H and O–H groups in total. The molecule has 1 aromatic heterocycles. The number of hydrogen-bond donors (Lipinski definition) is 1. The maximum Gasteiger partial charge on any atom is 0.268 e. The molecular weight excluding hydrogens is 318 g/mol. The summed E-state index contributed by atoms with van der Waals surface area (Å²) in [6, 6.07) is 1.63. The van der Waals surface area contributed by atoms with Gasteiger partial charge in [-0.1, -0.05) is 6.92 Å². The molecule has 2 fully saturated rings. The quantitative estimate of drug-likeness (QED) is 0.838. The lowest BCUT2D eigenvalue weighted by Crippen LogP contribution is -2.42. The van der Waals surface area contributed by atoms with Crippen LogP contribution in [0.2, 0.25) is 0 Å². The summed E-state index contributed by atoms with van der Waals surface area (Å²) in [6.45, 7) is 7.32. The van der Waals surface area contributed by atoms with Gasteiger partial charge in [0.25, 0.3) is 5.56 Å². The van der Waals surface area contributed by atoms with Crippen LogP contribution in [0.25, 0.3) is 0 Å². The van der Waals surface area contributed by atoms with Crippen molar-refractivity contribution in [2.24, 2.45) is 18.9 Å². The summed E-state index contributed by atoms with van der Waals surface area (Å²) >= 11 is 0. The Morgan fingerprint density at radius 1 is 1.28 bits per heavy atom. The molecule has 1 unspecified atom stereocenters. The molecule has 7 heteroatoms. The molecule has 0 aromatic carbocycles. The molecule has 0 radical (unpaired) electrons. The molecule has 2 saturated heterocycles. The van der Waals surface area contributed by atoms with Crippen LogP contribution < -0.4 is 15.8 Å². The monoisotopic (exact) mass is 347 g/mol.